The summed E-state index contributed by atoms with van der Waals surface area (Å²) in [5, 5.41) is 3.12. The first-order valence-corrected chi connectivity index (χ1v) is 6.47. The average molecular weight is 308 g/mol. The van der Waals surface area contributed by atoms with E-state index in [2.05, 4.69) is 19.8 Å². The van der Waals surface area contributed by atoms with Crippen LogP contribution in [0.3, 0.4) is 0 Å². The van der Waals surface area contributed by atoms with Gasteiger partial charge in [-0.1, -0.05) is 11.3 Å². The number of ether oxygens (including phenoxy) is 2. The molecule has 9 heteroatoms. The van der Waals surface area contributed by atoms with Crippen LogP contribution in [0, 0.1) is 0 Å². The van der Waals surface area contributed by atoms with Gasteiger partial charge in [0.25, 0.3) is 6.43 Å². The molecule has 0 saturated carbocycles. The van der Waals surface area contributed by atoms with E-state index in [1.807, 2.05) is 0 Å². The van der Waals surface area contributed by atoms with Crippen molar-refractivity contribution in [2.24, 2.45) is 0 Å². The zero-order chi connectivity index (χ0) is 15.1. The van der Waals surface area contributed by atoms with Crippen LogP contribution < -0.4 is 5.32 Å². The highest BCUT2D eigenvalue weighted by Gasteiger charge is 2.21. The van der Waals surface area contributed by atoms with Crippen LogP contribution >= 0.6 is 11.3 Å². The molecule has 1 aromatic rings. The van der Waals surface area contributed by atoms with Crippen LogP contribution in [-0.4, -0.2) is 50.0 Å². The average Bonchev–Trinajstić information content (AvgIpc) is 2.81. The lowest BCUT2D eigenvalue weighted by atomic mass is 10.3. The Morgan fingerprint density at radius 1 is 1.45 bits per heavy atom. The lowest BCUT2D eigenvalue weighted by Crippen LogP contribution is -2.13. The van der Waals surface area contributed by atoms with Gasteiger partial charge in [0, 0.05) is 13.5 Å². The van der Waals surface area contributed by atoms with Crippen molar-refractivity contribution < 1.29 is 27.8 Å². The molecular weight excluding hydrogens is 294 g/mol. The highest BCUT2D eigenvalue weighted by Crippen LogP contribution is 2.24. The SMILES string of the molecule is COC(=O)c1nc(NCCOCC(F)F)sc1C(C)=O. The van der Waals surface area contributed by atoms with Crippen LogP contribution in [0.4, 0.5) is 13.9 Å². The Bertz CT molecular complexity index is 479. The van der Waals surface area contributed by atoms with Crippen molar-refractivity contribution in [3.05, 3.63) is 10.6 Å². The van der Waals surface area contributed by atoms with Gasteiger partial charge >= 0.3 is 5.97 Å². The Morgan fingerprint density at radius 2 is 2.15 bits per heavy atom. The predicted octanol–water partition coefficient (Wildman–Crippen LogP) is 1.83. The molecule has 0 aliphatic heterocycles. The van der Waals surface area contributed by atoms with Crippen LogP contribution in [0.1, 0.15) is 27.1 Å². The van der Waals surface area contributed by atoms with E-state index in [-0.39, 0.29) is 29.5 Å². The number of anilines is 1. The molecule has 0 aliphatic rings. The van der Waals surface area contributed by atoms with E-state index < -0.39 is 19.0 Å². The first kappa shape index (κ1) is 16.4. The molecule has 0 spiro atoms. The fourth-order valence-electron chi connectivity index (χ4n) is 1.27. The van der Waals surface area contributed by atoms with Gasteiger partial charge in [-0.15, -0.1) is 0 Å². The van der Waals surface area contributed by atoms with Gasteiger partial charge in [0.2, 0.25) is 0 Å². The molecule has 6 nitrogen and oxygen atoms in total. The number of thiazole rings is 1. The molecule has 0 fully saturated rings. The number of hydrogen-bond acceptors (Lipinski definition) is 7. The number of nitrogens with zero attached hydrogens (tertiary/aromatic N) is 1. The number of alkyl halides is 2. The molecule has 0 amide bonds. The van der Waals surface area contributed by atoms with Crippen molar-refractivity contribution in [2.45, 2.75) is 13.3 Å². The summed E-state index contributed by atoms with van der Waals surface area (Å²) in [4.78, 5) is 26.9. The van der Waals surface area contributed by atoms with E-state index in [0.29, 0.717) is 5.13 Å². The van der Waals surface area contributed by atoms with Crippen molar-refractivity contribution >= 4 is 28.2 Å². The van der Waals surface area contributed by atoms with Crippen molar-refractivity contribution in [3.8, 4) is 0 Å². The summed E-state index contributed by atoms with van der Waals surface area (Å²) in [6.07, 6.45) is -2.51. The maximum absolute atomic E-state index is 11.8. The fourth-order valence-corrected chi connectivity index (χ4v) is 2.15. The molecule has 0 aromatic carbocycles. The summed E-state index contributed by atoms with van der Waals surface area (Å²) in [6, 6.07) is 0. The van der Waals surface area contributed by atoms with Gasteiger partial charge < -0.3 is 14.8 Å². The van der Waals surface area contributed by atoms with Crippen molar-refractivity contribution in [1.29, 1.82) is 0 Å². The summed E-state index contributed by atoms with van der Waals surface area (Å²) in [6.45, 7) is 0.978. The zero-order valence-corrected chi connectivity index (χ0v) is 11.8. The van der Waals surface area contributed by atoms with Crippen LogP contribution in [0.15, 0.2) is 0 Å². The molecule has 112 valence electrons. The second kappa shape index (κ2) is 7.85. The number of rotatable bonds is 8. The van der Waals surface area contributed by atoms with Gasteiger partial charge in [-0.2, -0.15) is 0 Å². The fraction of sp³-hybridized carbons (Fsp3) is 0.545. The van der Waals surface area contributed by atoms with Gasteiger partial charge in [0.15, 0.2) is 16.6 Å². The van der Waals surface area contributed by atoms with Crippen LogP contribution in [0.5, 0.6) is 0 Å². The quantitative estimate of drug-likeness (QED) is 0.448. The molecule has 1 aromatic heterocycles. The smallest absolute Gasteiger partial charge is 0.358 e. The summed E-state index contributed by atoms with van der Waals surface area (Å²) >= 11 is 0.999. The molecule has 0 aliphatic carbocycles. The monoisotopic (exact) mass is 308 g/mol. The minimum absolute atomic E-state index is 0.0546. The number of ketones is 1. The minimum atomic E-state index is -2.51. The molecule has 0 unspecified atom stereocenters. The number of Topliss-reactive ketones (excluding diaryl/α,β-unsaturated/α-hetero) is 1. The number of esters is 1. The third-order valence-electron chi connectivity index (χ3n) is 2.09. The summed E-state index contributed by atoms with van der Waals surface area (Å²) in [7, 11) is 1.19. The lowest BCUT2D eigenvalue weighted by molar-refractivity contribution is 0.0215. The summed E-state index contributed by atoms with van der Waals surface area (Å²) in [5.41, 5.74) is -0.0546. The Morgan fingerprint density at radius 3 is 2.70 bits per heavy atom. The molecule has 1 N–H and O–H groups in total. The Labute approximate surface area is 118 Å². The second-order valence-electron chi connectivity index (χ2n) is 3.64. The van der Waals surface area contributed by atoms with Crippen LogP contribution in [0.2, 0.25) is 0 Å². The number of nitrogens with one attached hydrogen (secondary N) is 1. The van der Waals surface area contributed by atoms with Gasteiger partial charge in [-0.25, -0.2) is 18.6 Å². The van der Waals surface area contributed by atoms with Crippen LogP contribution in [0.25, 0.3) is 0 Å². The third kappa shape index (κ3) is 4.82. The molecule has 0 radical (unpaired) electrons. The second-order valence-corrected chi connectivity index (χ2v) is 4.64. The summed E-state index contributed by atoms with van der Waals surface area (Å²) < 4.78 is 32.8. The lowest BCUT2D eigenvalue weighted by Gasteiger charge is -2.03. The molecular formula is C11H14F2N2O4S. The van der Waals surface area contributed by atoms with E-state index >= 15 is 0 Å². The Hall–Kier alpha value is -1.61. The van der Waals surface area contributed by atoms with Crippen molar-refractivity contribution in [1.82, 2.24) is 4.98 Å². The van der Waals surface area contributed by atoms with E-state index in [1.165, 1.54) is 14.0 Å². The minimum Gasteiger partial charge on any atom is -0.464 e. The number of methoxy groups -OCH3 is 1. The molecule has 0 atom stereocenters. The normalized spacial score (nSPS) is 10.7. The molecule has 20 heavy (non-hydrogen) atoms. The molecule has 0 bridgehead atoms. The first-order chi connectivity index (χ1) is 9.45. The maximum Gasteiger partial charge on any atom is 0.358 e. The maximum atomic E-state index is 11.8. The number of carbonyl (C=O) groups is 2. The van der Waals surface area contributed by atoms with E-state index in [9.17, 15) is 18.4 Å². The number of halogens is 2. The highest BCUT2D eigenvalue weighted by molar-refractivity contribution is 7.17. The predicted molar refractivity (Wildman–Crippen MR) is 68.8 cm³/mol. The van der Waals surface area contributed by atoms with Crippen molar-refractivity contribution in [2.75, 3.05) is 32.2 Å². The summed E-state index contributed by atoms with van der Waals surface area (Å²) in [5.74, 6) is -1.00. The first-order valence-electron chi connectivity index (χ1n) is 5.65. The molecule has 1 heterocycles. The topological polar surface area (TPSA) is 77.5 Å². The Kier molecular flexibility index (Phi) is 6.46. The van der Waals surface area contributed by atoms with Crippen LogP contribution in [-0.2, 0) is 9.47 Å². The van der Waals surface area contributed by atoms with E-state index in [4.69, 9.17) is 0 Å². The van der Waals surface area contributed by atoms with E-state index in [0.717, 1.165) is 11.3 Å². The van der Waals surface area contributed by atoms with Gasteiger partial charge in [0.1, 0.15) is 11.5 Å². The number of aromatic nitrogens is 1. The molecule has 0 saturated heterocycles. The van der Waals surface area contributed by atoms with Crippen molar-refractivity contribution in [3.63, 3.8) is 0 Å². The third-order valence-corrected chi connectivity index (χ3v) is 3.21. The van der Waals surface area contributed by atoms with Gasteiger partial charge in [-0.05, 0) is 0 Å². The van der Waals surface area contributed by atoms with Gasteiger partial charge in [0.05, 0.1) is 13.7 Å². The largest absolute Gasteiger partial charge is 0.464 e. The Balaban J connectivity index is 2.59. The molecule has 1 rings (SSSR count). The highest BCUT2D eigenvalue weighted by atomic mass is 32.1. The standard InChI is InChI=1S/C11H14F2N2O4S/c1-6(16)9-8(10(17)18-2)15-11(20-9)14-3-4-19-5-7(12)13/h7H,3-5H2,1-2H3,(H,14,15). The zero-order valence-electron chi connectivity index (χ0n) is 10.9. The van der Waals surface area contributed by atoms with Gasteiger partial charge in [-0.3, -0.25) is 4.79 Å². The number of hydrogen-bond donors (Lipinski definition) is 1. The van der Waals surface area contributed by atoms with E-state index in [1.54, 1.807) is 0 Å². The number of carbonyl (C=O) groups excluding carboxylic acids is 2.